The molecule has 2 unspecified atom stereocenters. The summed E-state index contributed by atoms with van der Waals surface area (Å²) in [5.41, 5.74) is 0. The van der Waals surface area contributed by atoms with Crippen molar-refractivity contribution in [3.63, 3.8) is 0 Å². The summed E-state index contributed by atoms with van der Waals surface area (Å²) in [5, 5.41) is 9.40. The van der Waals surface area contributed by atoms with Gasteiger partial charge in [0, 0.05) is 21.2 Å². The van der Waals surface area contributed by atoms with E-state index in [0.717, 1.165) is 29.6 Å². The lowest BCUT2D eigenvalue weighted by Crippen LogP contribution is -2.40. The monoisotopic (exact) mass is 413 g/mol. The highest BCUT2D eigenvalue weighted by Gasteiger charge is 2.32. The van der Waals surface area contributed by atoms with Gasteiger partial charge < -0.3 is 5.11 Å². The second-order valence-corrected chi connectivity index (χ2v) is 9.57. The van der Waals surface area contributed by atoms with E-state index in [-0.39, 0.29) is 12.0 Å². The lowest BCUT2D eigenvalue weighted by Gasteiger charge is -2.36. The Hall–Kier alpha value is -0.690. The molecule has 0 amide bonds. The van der Waals surface area contributed by atoms with Gasteiger partial charge in [0.25, 0.3) is 0 Å². The van der Waals surface area contributed by atoms with Gasteiger partial charge in [-0.15, -0.1) is 22.7 Å². The van der Waals surface area contributed by atoms with Crippen LogP contribution >= 0.6 is 38.6 Å². The molecule has 3 rings (SSSR count). The number of carbonyl (C=O) groups is 1. The zero-order valence-electron chi connectivity index (χ0n) is 13.0. The minimum Gasteiger partial charge on any atom is -0.481 e. The molecular formula is C17H20BrNO2S2. The zero-order chi connectivity index (χ0) is 16.4. The molecule has 3 nitrogen and oxygen atoms in total. The molecule has 23 heavy (non-hydrogen) atoms. The number of aryl methyl sites for hydroxylation is 1. The van der Waals surface area contributed by atoms with E-state index in [4.69, 9.17) is 0 Å². The second kappa shape index (κ2) is 7.47. The summed E-state index contributed by atoms with van der Waals surface area (Å²) >= 11 is 7.16. The molecule has 2 aromatic heterocycles. The van der Waals surface area contributed by atoms with E-state index in [1.165, 1.54) is 14.6 Å². The molecule has 0 bridgehead atoms. The number of carboxylic acids is 1. The molecule has 0 radical (unpaired) electrons. The predicted octanol–water partition coefficient (Wildman–Crippen LogP) is 5.02. The topological polar surface area (TPSA) is 40.5 Å². The van der Waals surface area contributed by atoms with Crippen molar-refractivity contribution in [1.29, 1.82) is 0 Å². The number of likely N-dealkylation sites (tertiary alicyclic amines) is 1. The van der Waals surface area contributed by atoms with Crippen molar-refractivity contribution in [3.05, 3.63) is 42.7 Å². The Kier molecular flexibility index (Phi) is 5.57. The van der Waals surface area contributed by atoms with E-state index >= 15 is 0 Å². The van der Waals surface area contributed by atoms with Crippen LogP contribution in [-0.2, 0) is 11.2 Å². The van der Waals surface area contributed by atoms with Gasteiger partial charge in [-0.05, 0) is 66.0 Å². The number of hydrogen-bond donors (Lipinski definition) is 1. The molecule has 6 heteroatoms. The number of nitrogens with zero attached hydrogens (tertiary/aromatic N) is 1. The average molecular weight is 414 g/mol. The largest absolute Gasteiger partial charge is 0.481 e. The lowest BCUT2D eigenvalue weighted by atomic mass is 9.96. The summed E-state index contributed by atoms with van der Waals surface area (Å²) < 4.78 is 1.12. The lowest BCUT2D eigenvalue weighted by molar-refractivity contribution is -0.143. The fourth-order valence-electron chi connectivity index (χ4n) is 3.15. The van der Waals surface area contributed by atoms with Gasteiger partial charge in [-0.25, -0.2) is 0 Å². The molecule has 1 N–H and O–H groups in total. The zero-order valence-corrected chi connectivity index (χ0v) is 16.2. The SMILES string of the molecule is CCc1ccc(C(c2ccc(Br)s2)N2CCCC(C(=O)O)C2)s1. The fourth-order valence-corrected chi connectivity index (χ4v) is 5.91. The van der Waals surface area contributed by atoms with Crippen LogP contribution in [0.25, 0.3) is 0 Å². The molecule has 0 saturated carbocycles. The third-order valence-electron chi connectivity index (χ3n) is 4.33. The summed E-state index contributed by atoms with van der Waals surface area (Å²) in [6, 6.07) is 8.84. The van der Waals surface area contributed by atoms with E-state index in [1.807, 2.05) is 11.3 Å². The maximum atomic E-state index is 11.4. The Morgan fingerprint density at radius 2 is 2.09 bits per heavy atom. The van der Waals surface area contributed by atoms with Gasteiger partial charge in [-0.1, -0.05) is 6.92 Å². The normalized spacial score (nSPS) is 20.5. The van der Waals surface area contributed by atoms with Gasteiger partial charge in [0.2, 0.25) is 0 Å². The van der Waals surface area contributed by atoms with Crippen LogP contribution in [0.3, 0.4) is 0 Å². The second-order valence-electron chi connectivity index (χ2n) is 5.87. The first kappa shape index (κ1) is 17.1. The van der Waals surface area contributed by atoms with Crippen molar-refractivity contribution >= 4 is 44.6 Å². The van der Waals surface area contributed by atoms with E-state index in [2.05, 4.69) is 52.0 Å². The van der Waals surface area contributed by atoms with Crippen LogP contribution < -0.4 is 0 Å². The molecule has 1 fully saturated rings. The van der Waals surface area contributed by atoms with Crippen LogP contribution in [0.4, 0.5) is 0 Å². The standard InChI is InChI=1S/C17H20BrNO2S2/c1-2-12-5-6-13(22-12)16(14-7-8-15(18)23-14)19-9-3-4-11(10-19)17(20)21/h5-8,11,16H,2-4,9-10H2,1H3,(H,20,21). The van der Waals surface area contributed by atoms with Crippen LogP contribution in [0.2, 0.25) is 0 Å². The van der Waals surface area contributed by atoms with Crippen LogP contribution in [0, 0.1) is 5.92 Å². The maximum absolute atomic E-state index is 11.4. The Morgan fingerprint density at radius 1 is 1.35 bits per heavy atom. The molecule has 1 saturated heterocycles. The minimum atomic E-state index is -0.666. The number of piperidine rings is 1. The van der Waals surface area contributed by atoms with E-state index < -0.39 is 5.97 Å². The van der Waals surface area contributed by atoms with Crippen LogP contribution in [0.1, 0.15) is 40.4 Å². The molecule has 0 aromatic carbocycles. The van der Waals surface area contributed by atoms with Gasteiger partial charge in [0.1, 0.15) is 0 Å². The smallest absolute Gasteiger partial charge is 0.307 e. The molecule has 124 valence electrons. The predicted molar refractivity (Wildman–Crippen MR) is 99.5 cm³/mol. The van der Waals surface area contributed by atoms with E-state index in [0.29, 0.717) is 6.54 Å². The third kappa shape index (κ3) is 3.87. The molecular weight excluding hydrogens is 394 g/mol. The third-order valence-corrected chi connectivity index (χ3v) is 7.29. The van der Waals surface area contributed by atoms with Crippen molar-refractivity contribution in [3.8, 4) is 0 Å². The van der Waals surface area contributed by atoms with E-state index in [1.54, 1.807) is 11.3 Å². The van der Waals surface area contributed by atoms with Gasteiger partial charge >= 0.3 is 5.97 Å². The average Bonchev–Trinajstić information content (AvgIpc) is 3.17. The van der Waals surface area contributed by atoms with E-state index in [9.17, 15) is 9.90 Å². The summed E-state index contributed by atoms with van der Waals surface area (Å²) in [5.74, 6) is -0.915. The highest BCUT2D eigenvalue weighted by Crippen LogP contribution is 2.40. The first-order valence-electron chi connectivity index (χ1n) is 7.89. The van der Waals surface area contributed by atoms with Crippen LogP contribution in [-0.4, -0.2) is 29.1 Å². The maximum Gasteiger partial charge on any atom is 0.307 e. The number of rotatable bonds is 5. The minimum absolute atomic E-state index is 0.179. The van der Waals surface area contributed by atoms with Gasteiger partial charge in [0.05, 0.1) is 15.7 Å². The number of thiophene rings is 2. The number of hydrogen-bond acceptors (Lipinski definition) is 4. The van der Waals surface area contributed by atoms with Crippen molar-refractivity contribution in [2.24, 2.45) is 5.92 Å². The number of halogens is 1. The quantitative estimate of drug-likeness (QED) is 0.747. The summed E-state index contributed by atoms with van der Waals surface area (Å²) in [6.07, 6.45) is 2.78. The van der Waals surface area contributed by atoms with Gasteiger partial charge in [-0.3, -0.25) is 9.69 Å². The van der Waals surface area contributed by atoms with Crippen LogP contribution in [0.15, 0.2) is 28.1 Å². The number of aliphatic carboxylic acids is 1. The van der Waals surface area contributed by atoms with Crippen molar-refractivity contribution in [2.45, 2.75) is 32.2 Å². The van der Waals surface area contributed by atoms with Crippen molar-refractivity contribution in [1.82, 2.24) is 4.90 Å². The Bertz CT molecular complexity index is 682. The summed E-state index contributed by atoms with van der Waals surface area (Å²) in [7, 11) is 0. The Balaban J connectivity index is 1.93. The van der Waals surface area contributed by atoms with Crippen LogP contribution in [0.5, 0.6) is 0 Å². The van der Waals surface area contributed by atoms with Crippen molar-refractivity contribution in [2.75, 3.05) is 13.1 Å². The fraction of sp³-hybridized carbons (Fsp3) is 0.471. The Morgan fingerprint density at radius 3 is 2.70 bits per heavy atom. The summed E-state index contributed by atoms with van der Waals surface area (Å²) in [4.78, 5) is 17.8. The van der Waals surface area contributed by atoms with Gasteiger partial charge in [0.15, 0.2) is 0 Å². The Labute approximate surface area is 153 Å². The highest BCUT2D eigenvalue weighted by molar-refractivity contribution is 9.11. The number of carboxylic acid groups (broad SMARTS) is 1. The van der Waals surface area contributed by atoms with Gasteiger partial charge in [-0.2, -0.15) is 0 Å². The molecule has 0 spiro atoms. The molecule has 1 aliphatic rings. The highest BCUT2D eigenvalue weighted by atomic mass is 79.9. The summed E-state index contributed by atoms with van der Waals surface area (Å²) in [6.45, 7) is 3.77. The first-order chi connectivity index (χ1) is 11.1. The molecule has 0 aliphatic carbocycles. The molecule has 3 heterocycles. The first-order valence-corrected chi connectivity index (χ1v) is 10.3. The van der Waals surface area contributed by atoms with Crippen molar-refractivity contribution < 1.29 is 9.90 Å². The molecule has 2 aromatic rings. The molecule has 2 atom stereocenters. The molecule has 1 aliphatic heterocycles.